The average molecular weight is 418 g/mol. The number of carbonyl (C=O) groups excluding carboxylic acids is 1. The lowest BCUT2D eigenvalue weighted by Crippen LogP contribution is -2.06. The van der Waals surface area contributed by atoms with Crippen molar-refractivity contribution in [1.82, 2.24) is 9.55 Å². The molecule has 4 aromatic rings. The minimum absolute atomic E-state index is 0.215. The van der Waals surface area contributed by atoms with Gasteiger partial charge in [-0.3, -0.25) is 4.79 Å². The van der Waals surface area contributed by atoms with Crippen LogP contribution in [-0.2, 0) is 22.5 Å². The predicted molar refractivity (Wildman–Crippen MR) is 119 cm³/mol. The molecule has 160 valence electrons. The van der Waals surface area contributed by atoms with Crippen molar-refractivity contribution < 1.29 is 18.7 Å². The molecule has 0 spiro atoms. The van der Waals surface area contributed by atoms with Crippen LogP contribution in [0, 0.1) is 6.92 Å². The van der Waals surface area contributed by atoms with Crippen LogP contribution in [0.3, 0.4) is 0 Å². The Morgan fingerprint density at radius 3 is 2.74 bits per heavy atom. The van der Waals surface area contributed by atoms with E-state index in [4.69, 9.17) is 13.9 Å². The molecule has 0 N–H and O–H groups in total. The summed E-state index contributed by atoms with van der Waals surface area (Å²) in [6, 6.07) is 17.9. The number of aryl methyl sites for hydroxylation is 3. The number of aromatic nitrogens is 2. The van der Waals surface area contributed by atoms with Crippen LogP contribution >= 0.6 is 0 Å². The first-order chi connectivity index (χ1) is 15.2. The van der Waals surface area contributed by atoms with Gasteiger partial charge in [-0.05, 0) is 50.1 Å². The Balaban J connectivity index is 1.35. The lowest BCUT2D eigenvalue weighted by atomic mass is 10.2. The van der Waals surface area contributed by atoms with Crippen LogP contribution in [0.5, 0.6) is 5.75 Å². The van der Waals surface area contributed by atoms with Crippen molar-refractivity contribution >= 4 is 16.9 Å². The number of carbonyl (C=O) groups is 1. The Bertz CT molecular complexity index is 1160. The lowest BCUT2D eigenvalue weighted by molar-refractivity contribution is -0.140. The topological polar surface area (TPSA) is 66.5 Å². The van der Waals surface area contributed by atoms with E-state index in [9.17, 15) is 4.79 Å². The Morgan fingerprint density at radius 2 is 1.94 bits per heavy atom. The molecule has 0 aliphatic carbocycles. The summed E-state index contributed by atoms with van der Waals surface area (Å²) in [5.41, 5.74) is 2.99. The molecule has 0 atom stereocenters. The third-order valence-corrected chi connectivity index (χ3v) is 5.29. The van der Waals surface area contributed by atoms with Gasteiger partial charge in [0.1, 0.15) is 11.5 Å². The summed E-state index contributed by atoms with van der Waals surface area (Å²) < 4.78 is 18.7. The molecule has 6 heteroatoms. The zero-order chi connectivity index (χ0) is 21.6. The van der Waals surface area contributed by atoms with Crippen LogP contribution in [0.4, 0.5) is 0 Å². The molecule has 2 aromatic carbocycles. The largest absolute Gasteiger partial charge is 0.493 e. The maximum absolute atomic E-state index is 11.4. The molecule has 2 aromatic heterocycles. The van der Waals surface area contributed by atoms with E-state index in [0.717, 1.165) is 46.5 Å². The van der Waals surface area contributed by atoms with Crippen molar-refractivity contribution in [2.24, 2.45) is 0 Å². The lowest BCUT2D eigenvalue weighted by Gasteiger charge is -2.09. The Morgan fingerprint density at radius 1 is 1.10 bits per heavy atom. The van der Waals surface area contributed by atoms with Gasteiger partial charge in [-0.15, -0.1) is 0 Å². The summed E-state index contributed by atoms with van der Waals surface area (Å²) in [5, 5.41) is 1.04. The van der Waals surface area contributed by atoms with Crippen molar-refractivity contribution in [2.75, 3.05) is 13.7 Å². The standard InChI is InChI=1S/C25H26N2O4/c1-18-21(26-25(31-18)19-8-4-3-5-9-19)10-7-17-30-23-12-6-11-22-20(23)13-15-27(22)16-14-24(28)29-2/h3-6,8-9,11-13,15H,7,10,14,16-17H2,1-2H3. The Labute approximate surface area is 181 Å². The van der Waals surface area contributed by atoms with Gasteiger partial charge in [0, 0.05) is 23.7 Å². The Hall–Kier alpha value is -3.54. The second-order valence-corrected chi connectivity index (χ2v) is 7.36. The van der Waals surface area contributed by atoms with Crippen LogP contribution in [0.25, 0.3) is 22.4 Å². The summed E-state index contributed by atoms with van der Waals surface area (Å²) in [6.07, 6.45) is 3.94. The number of hydrogen-bond acceptors (Lipinski definition) is 5. The van der Waals surface area contributed by atoms with Gasteiger partial charge < -0.3 is 18.5 Å². The fourth-order valence-corrected chi connectivity index (χ4v) is 3.62. The van der Waals surface area contributed by atoms with Crippen molar-refractivity contribution in [3.05, 3.63) is 72.2 Å². The molecule has 0 bridgehead atoms. The third kappa shape index (κ3) is 4.79. The first kappa shape index (κ1) is 20.7. The molecule has 0 amide bonds. The van der Waals surface area contributed by atoms with Crippen molar-refractivity contribution in [3.8, 4) is 17.2 Å². The van der Waals surface area contributed by atoms with Gasteiger partial charge in [-0.25, -0.2) is 4.98 Å². The predicted octanol–water partition coefficient (Wildman–Crippen LogP) is 5.18. The fourth-order valence-electron chi connectivity index (χ4n) is 3.62. The first-order valence-corrected chi connectivity index (χ1v) is 10.4. The third-order valence-electron chi connectivity index (χ3n) is 5.29. The zero-order valence-electron chi connectivity index (χ0n) is 17.8. The number of esters is 1. The van der Waals surface area contributed by atoms with E-state index in [-0.39, 0.29) is 5.97 Å². The molecule has 2 heterocycles. The van der Waals surface area contributed by atoms with Gasteiger partial charge in [0.15, 0.2) is 0 Å². The first-order valence-electron chi connectivity index (χ1n) is 10.4. The van der Waals surface area contributed by atoms with E-state index < -0.39 is 0 Å². The van der Waals surface area contributed by atoms with Crippen LogP contribution in [0.1, 0.15) is 24.3 Å². The van der Waals surface area contributed by atoms with Crippen LogP contribution < -0.4 is 4.74 Å². The number of nitrogens with zero attached hydrogens (tertiary/aromatic N) is 2. The molecule has 0 unspecified atom stereocenters. The van der Waals surface area contributed by atoms with Gasteiger partial charge in [0.2, 0.25) is 5.89 Å². The fraction of sp³-hybridized carbons (Fsp3) is 0.280. The number of ether oxygens (including phenoxy) is 2. The number of hydrogen-bond donors (Lipinski definition) is 0. The SMILES string of the molecule is COC(=O)CCn1ccc2c(OCCCc3nc(-c4ccccc4)oc3C)cccc21. The quantitative estimate of drug-likeness (QED) is 0.277. The number of oxazole rings is 1. The smallest absolute Gasteiger partial charge is 0.307 e. The van der Waals surface area contributed by atoms with Crippen molar-refractivity contribution in [1.29, 1.82) is 0 Å². The highest BCUT2D eigenvalue weighted by molar-refractivity contribution is 5.86. The molecule has 0 aliphatic heterocycles. The molecule has 6 nitrogen and oxygen atoms in total. The number of benzene rings is 2. The minimum Gasteiger partial charge on any atom is -0.493 e. The molecule has 0 radical (unpaired) electrons. The summed E-state index contributed by atoms with van der Waals surface area (Å²) >= 11 is 0. The normalized spacial score (nSPS) is 11.0. The van der Waals surface area contributed by atoms with Gasteiger partial charge >= 0.3 is 5.97 Å². The highest BCUT2D eigenvalue weighted by Crippen LogP contribution is 2.27. The van der Waals surface area contributed by atoms with E-state index in [2.05, 4.69) is 4.98 Å². The van der Waals surface area contributed by atoms with Gasteiger partial charge in [-0.2, -0.15) is 0 Å². The highest BCUT2D eigenvalue weighted by atomic mass is 16.5. The van der Waals surface area contributed by atoms with E-state index in [0.29, 0.717) is 25.5 Å². The molecule has 0 fully saturated rings. The van der Waals surface area contributed by atoms with Crippen molar-refractivity contribution in [2.45, 2.75) is 32.7 Å². The second kappa shape index (κ2) is 9.51. The van der Waals surface area contributed by atoms with Gasteiger partial charge in [-0.1, -0.05) is 24.3 Å². The average Bonchev–Trinajstić information content (AvgIpc) is 3.39. The number of rotatable bonds is 9. The van der Waals surface area contributed by atoms with E-state index in [1.54, 1.807) is 0 Å². The second-order valence-electron chi connectivity index (χ2n) is 7.36. The van der Waals surface area contributed by atoms with Gasteiger partial charge in [0.05, 0.1) is 31.3 Å². The molecule has 0 saturated heterocycles. The molecule has 0 saturated carbocycles. The maximum atomic E-state index is 11.4. The Kier molecular flexibility index (Phi) is 6.36. The van der Waals surface area contributed by atoms with Crippen LogP contribution in [0.15, 0.2) is 65.2 Å². The highest BCUT2D eigenvalue weighted by Gasteiger charge is 2.12. The van der Waals surface area contributed by atoms with E-state index >= 15 is 0 Å². The van der Waals surface area contributed by atoms with Crippen LogP contribution in [0.2, 0.25) is 0 Å². The van der Waals surface area contributed by atoms with E-state index in [1.165, 1.54) is 7.11 Å². The molecule has 0 aliphatic rings. The van der Waals surface area contributed by atoms with Crippen LogP contribution in [-0.4, -0.2) is 29.2 Å². The number of methoxy groups -OCH3 is 1. The molecule has 31 heavy (non-hydrogen) atoms. The maximum Gasteiger partial charge on any atom is 0.307 e. The molecular formula is C25H26N2O4. The van der Waals surface area contributed by atoms with E-state index in [1.807, 2.05) is 72.3 Å². The summed E-state index contributed by atoms with van der Waals surface area (Å²) in [4.78, 5) is 16.1. The summed E-state index contributed by atoms with van der Waals surface area (Å²) in [6.45, 7) is 3.11. The summed E-state index contributed by atoms with van der Waals surface area (Å²) in [5.74, 6) is 2.14. The molecule has 4 rings (SSSR count). The van der Waals surface area contributed by atoms with Gasteiger partial charge in [0.25, 0.3) is 0 Å². The number of fused-ring (bicyclic) bond motifs is 1. The monoisotopic (exact) mass is 418 g/mol. The summed E-state index contributed by atoms with van der Waals surface area (Å²) in [7, 11) is 1.41. The zero-order valence-corrected chi connectivity index (χ0v) is 17.8. The molecular weight excluding hydrogens is 392 g/mol. The minimum atomic E-state index is -0.215. The van der Waals surface area contributed by atoms with Crippen molar-refractivity contribution in [3.63, 3.8) is 0 Å².